The normalized spacial score (nSPS) is 10.7. The van der Waals surface area contributed by atoms with Crippen molar-refractivity contribution in [3.05, 3.63) is 114 Å². The Labute approximate surface area is 160 Å². The average Bonchev–Trinajstić information content (AvgIpc) is 3.25. The van der Waals surface area contributed by atoms with Crippen molar-refractivity contribution in [2.24, 2.45) is 0 Å². The van der Waals surface area contributed by atoms with E-state index in [4.69, 9.17) is 0 Å². The number of hydrogen-bond donors (Lipinski definition) is 0. The predicted molar refractivity (Wildman–Crippen MR) is 111 cm³/mol. The molecule has 0 unspecified atom stereocenters. The lowest BCUT2D eigenvalue weighted by atomic mass is 10.0. The van der Waals surface area contributed by atoms with Crippen LogP contribution in [-0.4, -0.2) is 9.66 Å². The van der Waals surface area contributed by atoms with Gasteiger partial charge < -0.3 is 5.01 Å². The molecule has 0 amide bonds. The third-order valence-electron chi connectivity index (χ3n) is 4.73. The SMILES string of the molecule is Cc1ccc(CN(Cc2ccc(-c3ccccc3)cc2)n2ccnc2)cc1. The lowest BCUT2D eigenvalue weighted by Gasteiger charge is -2.26. The summed E-state index contributed by atoms with van der Waals surface area (Å²) in [7, 11) is 0. The molecule has 0 N–H and O–H groups in total. The molecule has 3 nitrogen and oxygen atoms in total. The van der Waals surface area contributed by atoms with Gasteiger partial charge >= 0.3 is 0 Å². The maximum absolute atomic E-state index is 4.22. The first-order valence-corrected chi connectivity index (χ1v) is 9.21. The summed E-state index contributed by atoms with van der Waals surface area (Å²) in [6.07, 6.45) is 5.67. The maximum atomic E-state index is 4.22. The summed E-state index contributed by atoms with van der Waals surface area (Å²) in [5.74, 6) is 0. The summed E-state index contributed by atoms with van der Waals surface area (Å²) in [6.45, 7) is 3.77. The second-order valence-electron chi connectivity index (χ2n) is 6.81. The van der Waals surface area contributed by atoms with Crippen LogP contribution in [0, 0.1) is 6.92 Å². The molecule has 1 heterocycles. The maximum Gasteiger partial charge on any atom is 0.114 e. The third-order valence-corrected chi connectivity index (χ3v) is 4.73. The van der Waals surface area contributed by atoms with Crippen molar-refractivity contribution < 1.29 is 0 Å². The van der Waals surface area contributed by atoms with Crippen LogP contribution in [0.15, 0.2) is 97.6 Å². The molecule has 4 aromatic rings. The highest BCUT2D eigenvalue weighted by Gasteiger charge is 2.08. The fourth-order valence-corrected chi connectivity index (χ4v) is 3.19. The topological polar surface area (TPSA) is 21.1 Å². The van der Waals surface area contributed by atoms with E-state index in [0.717, 1.165) is 13.1 Å². The highest BCUT2D eigenvalue weighted by Crippen LogP contribution is 2.20. The van der Waals surface area contributed by atoms with Gasteiger partial charge in [-0.25, -0.2) is 4.98 Å². The van der Waals surface area contributed by atoms with Crippen LogP contribution < -0.4 is 5.01 Å². The van der Waals surface area contributed by atoms with Gasteiger partial charge in [0, 0.05) is 12.4 Å². The Kier molecular flexibility index (Phi) is 5.01. The number of nitrogens with zero attached hydrogens (tertiary/aromatic N) is 3. The summed E-state index contributed by atoms with van der Waals surface area (Å²) in [5, 5.41) is 2.29. The minimum Gasteiger partial charge on any atom is -0.303 e. The molecule has 0 saturated heterocycles. The zero-order valence-corrected chi connectivity index (χ0v) is 15.5. The lowest BCUT2D eigenvalue weighted by molar-refractivity contribution is 0.576. The fourth-order valence-electron chi connectivity index (χ4n) is 3.19. The van der Waals surface area contributed by atoms with E-state index in [9.17, 15) is 0 Å². The average molecular weight is 353 g/mol. The molecule has 4 rings (SSSR count). The van der Waals surface area contributed by atoms with Crippen LogP contribution in [0.5, 0.6) is 0 Å². The van der Waals surface area contributed by atoms with Gasteiger partial charge in [-0.15, -0.1) is 0 Å². The molecule has 0 aliphatic rings. The van der Waals surface area contributed by atoms with Gasteiger partial charge in [0.2, 0.25) is 0 Å². The van der Waals surface area contributed by atoms with E-state index >= 15 is 0 Å². The summed E-state index contributed by atoms with van der Waals surface area (Å²) < 4.78 is 2.06. The number of aryl methyl sites for hydroxylation is 1. The molecular weight excluding hydrogens is 330 g/mol. The van der Waals surface area contributed by atoms with Crippen LogP contribution in [0.25, 0.3) is 11.1 Å². The summed E-state index contributed by atoms with van der Waals surface area (Å²) >= 11 is 0. The van der Waals surface area contributed by atoms with Crippen LogP contribution in [0.2, 0.25) is 0 Å². The first-order chi connectivity index (χ1) is 13.3. The lowest BCUT2D eigenvalue weighted by Crippen LogP contribution is -2.32. The zero-order valence-electron chi connectivity index (χ0n) is 15.5. The van der Waals surface area contributed by atoms with Crippen molar-refractivity contribution in [2.75, 3.05) is 5.01 Å². The van der Waals surface area contributed by atoms with Crippen molar-refractivity contribution in [1.82, 2.24) is 9.66 Å². The molecule has 3 aromatic carbocycles. The molecule has 27 heavy (non-hydrogen) atoms. The van der Waals surface area contributed by atoms with Crippen molar-refractivity contribution in [3.63, 3.8) is 0 Å². The predicted octanol–water partition coefficient (Wildman–Crippen LogP) is 5.20. The summed E-state index contributed by atoms with van der Waals surface area (Å²) in [6, 6.07) is 28.0. The van der Waals surface area contributed by atoms with Gasteiger partial charge in [-0.3, -0.25) is 4.68 Å². The number of benzene rings is 3. The van der Waals surface area contributed by atoms with Crippen molar-refractivity contribution in [3.8, 4) is 11.1 Å². The Morgan fingerprint density at radius 3 is 1.93 bits per heavy atom. The number of imidazole rings is 1. The Balaban J connectivity index is 1.54. The Morgan fingerprint density at radius 2 is 1.33 bits per heavy atom. The second-order valence-corrected chi connectivity index (χ2v) is 6.81. The van der Waals surface area contributed by atoms with E-state index in [1.807, 2.05) is 24.8 Å². The fraction of sp³-hybridized carbons (Fsp3) is 0.125. The largest absolute Gasteiger partial charge is 0.303 e. The summed E-state index contributed by atoms with van der Waals surface area (Å²) in [5.41, 5.74) is 6.33. The molecule has 134 valence electrons. The Hall–Kier alpha value is -3.33. The van der Waals surface area contributed by atoms with Crippen molar-refractivity contribution in [1.29, 1.82) is 0 Å². The minimum absolute atomic E-state index is 0.819. The van der Waals surface area contributed by atoms with E-state index in [-0.39, 0.29) is 0 Å². The van der Waals surface area contributed by atoms with E-state index in [2.05, 4.69) is 94.4 Å². The van der Waals surface area contributed by atoms with Gasteiger partial charge in [0.05, 0.1) is 13.1 Å². The van der Waals surface area contributed by atoms with Gasteiger partial charge in [0.1, 0.15) is 6.33 Å². The summed E-state index contributed by atoms with van der Waals surface area (Å²) in [4.78, 5) is 4.22. The minimum atomic E-state index is 0.819. The van der Waals surface area contributed by atoms with E-state index in [0.29, 0.717) is 0 Å². The van der Waals surface area contributed by atoms with Gasteiger partial charge in [0.15, 0.2) is 0 Å². The highest BCUT2D eigenvalue weighted by atomic mass is 15.5. The first kappa shape index (κ1) is 17.1. The van der Waals surface area contributed by atoms with Crippen LogP contribution in [0.3, 0.4) is 0 Å². The molecule has 0 aliphatic carbocycles. The molecule has 0 bridgehead atoms. The van der Waals surface area contributed by atoms with Crippen molar-refractivity contribution >= 4 is 0 Å². The highest BCUT2D eigenvalue weighted by molar-refractivity contribution is 5.63. The number of hydrogen-bond acceptors (Lipinski definition) is 2. The van der Waals surface area contributed by atoms with Gasteiger partial charge in [-0.05, 0) is 29.2 Å². The molecule has 1 aromatic heterocycles. The zero-order chi connectivity index (χ0) is 18.5. The molecule has 0 fully saturated rings. The number of rotatable bonds is 6. The first-order valence-electron chi connectivity index (χ1n) is 9.21. The van der Waals surface area contributed by atoms with Crippen LogP contribution in [-0.2, 0) is 13.1 Å². The Bertz CT molecular complexity index is 957. The smallest absolute Gasteiger partial charge is 0.114 e. The van der Waals surface area contributed by atoms with Crippen LogP contribution >= 0.6 is 0 Å². The second kappa shape index (κ2) is 7.92. The van der Waals surface area contributed by atoms with Gasteiger partial charge in [0.25, 0.3) is 0 Å². The quantitative estimate of drug-likeness (QED) is 0.475. The van der Waals surface area contributed by atoms with E-state index in [1.54, 1.807) is 0 Å². The van der Waals surface area contributed by atoms with Crippen LogP contribution in [0.4, 0.5) is 0 Å². The molecular formula is C24H23N3. The van der Waals surface area contributed by atoms with Gasteiger partial charge in [-0.1, -0.05) is 84.4 Å². The van der Waals surface area contributed by atoms with Crippen molar-refractivity contribution in [2.45, 2.75) is 20.0 Å². The number of aromatic nitrogens is 2. The molecule has 3 heteroatoms. The molecule has 0 saturated carbocycles. The molecule has 0 spiro atoms. The van der Waals surface area contributed by atoms with Gasteiger partial charge in [-0.2, -0.15) is 0 Å². The molecule has 0 atom stereocenters. The standard InChI is InChI=1S/C24H23N3/c1-20-7-9-21(10-8-20)17-27(26-16-15-25-19-26)18-22-11-13-24(14-12-22)23-5-3-2-4-6-23/h2-16,19H,17-18H2,1H3. The monoisotopic (exact) mass is 353 g/mol. The molecule has 0 aliphatic heterocycles. The third kappa shape index (κ3) is 4.26. The van der Waals surface area contributed by atoms with Crippen LogP contribution in [0.1, 0.15) is 16.7 Å². The van der Waals surface area contributed by atoms with E-state index < -0.39 is 0 Å². The Morgan fingerprint density at radius 1 is 0.741 bits per heavy atom. The van der Waals surface area contributed by atoms with E-state index in [1.165, 1.54) is 27.8 Å². The molecule has 0 radical (unpaired) electrons.